The average molecular weight is 448 g/mol. The summed E-state index contributed by atoms with van der Waals surface area (Å²) in [5.41, 5.74) is 4.38. The molecule has 0 radical (unpaired) electrons. The molecule has 1 fully saturated rings. The summed E-state index contributed by atoms with van der Waals surface area (Å²) in [6, 6.07) is 15.5. The number of phenolic OH excluding ortho intramolecular Hbond substituents is 1. The zero-order chi connectivity index (χ0) is 22.6. The molecule has 3 heterocycles. The van der Waals surface area contributed by atoms with Crippen LogP contribution in [0.15, 0.2) is 48.5 Å². The number of morpholine rings is 1. The number of para-hydroxylation sites is 1. The van der Waals surface area contributed by atoms with Crippen molar-refractivity contribution in [2.75, 3.05) is 51.5 Å². The molecule has 0 aliphatic carbocycles. The summed E-state index contributed by atoms with van der Waals surface area (Å²) >= 11 is 0. The number of benzene rings is 2. The van der Waals surface area contributed by atoms with E-state index in [0.717, 1.165) is 79.8 Å². The van der Waals surface area contributed by atoms with Gasteiger partial charge >= 0.3 is 0 Å². The number of fused-ring (bicyclic) bond motifs is 1. The number of pyridine rings is 1. The molecule has 0 bridgehead atoms. The summed E-state index contributed by atoms with van der Waals surface area (Å²) in [7, 11) is 0. The molecule has 0 saturated carbocycles. The van der Waals surface area contributed by atoms with Crippen LogP contribution in [0, 0.1) is 6.92 Å². The van der Waals surface area contributed by atoms with Crippen LogP contribution in [0.25, 0.3) is 22.4 Å². The molecule has 2 aliphatic rings. The lowest BCUT2D eigenvalue weighted by Gasteiger charge is -2.26. The fraction of sp³-hybridized carbons (Fsp3) is 0.346. The maximum Gasteiger partial charge on any atom is 0.231 e. The lowest BCUT2D eigenvalue weighted by Crippen LogP contribution is -2.37. The molecule has 3 aromatic rings. The molecule has 0 amide bonds. The Balaban J connectivity index is 1.43. The van der Waals surface area contributed by atoms with Crippen LogP contribution in [0.5, 0.6) is 17.2 Å². The number of hydrogen-bond donors (Lipinski definition) is 2. The van der Waals surface area contributed by atoms with Crippen molar-refractivity contribution in [2.45, 2.75) is 13.3 Å². The number of nitrogens with one attached hydrogen (secondary N) is 1. The Kier molecular flexibility index (Phi) is 6.32. The molecule has 0 spiro atoms. The highest BCUT2D eigenvalue weighted by Gasteiger charge is 2.20. The molecule has 7 heteroatoms. The first-order valence-electron chi connectivity index (χ1n) is 11.4. The van der Waals surface area contributed by atoms with Gasteiger partial charge < -0.3 is 24.6 Å². The van der Waals surface area contributed by atoms with Crippen molar-refractivity contribution in [3.8, 4) is 39.6 Å². The molecular formula is C26H29N3O4. The lowest BCUT2D eigenvalue weighted by atomic mass is 10.0. The van der Waals surface area contributed by atoms with Crippen LogP contribution in [0.4, 0.5) is 5.82 Å². The highest BCUT2D eigenvalue weighted by molar-refractivity contribution is 5.81. The predicted octanol–water partition coefficient (Wildman–Crippen LogP) is 4.29. The van der Waals surface area contributed by atoms with Gasteiger partial charge in [-0.3, -0.25) is 4.90 Å². The average Bonchev–Trinajstić information content (AvgIpc) is 3.33. The van der Waals surface area contributed by atoms with Crippen molar-refractivity contribution in [3.63, 3.8) is 0 Å². The van der Waals surface area contributed by atoms with Gasteiger partial charge in [0.05, 0.1) is 18.9 Å². The molecule has 1 aromatic heterocycles. The van der Waals surface area contributed by atoms with Crippen molar-refractivity contribution < 1.29 is 19.3 Å². The number of aromatic nitrogens is 1. The SMILES string of the molecule is Cc1ccc(O)c(-c2cc(-c3cccc4c3OCO4)cc(NCCCN3CCOCC3)n2)c1. The number of phenols is 1. The van der Waals surface area contributed by atoms with E-state index in [0.29, 0.717) is 11.3 Å². The number of anilines is 1. The Morgan fingerprint density at radius 1 is 1.03 bits per heavy atom. The van der Waals surface area contributed by atoms with Crippen molar-refractivity contribution in [1.82, 2.24) is 9.88 Å². The number of nitrogens with zero attached hydrogens (tertiary/aromatic N) is 2. The summed E-state index contributed by atoms with van der Waals surface area (Å²) in [5, 5.41) is 14.0. The molecule has 2 N–H and O–H groups in total. The Hall–Kier alpha value is -3.29. The summed E-state index contributed by atoms with van der Waals surface area (Å²) in [5.74, 6) is 2.45. The highest BCUT2D eigenvalue weighted by atomic mass is 16.7. The number of rotatable bonds is 7. The fourth-order valence-corrected chi connectivity index (χ4v) is 4.27. The Bertz CT molecular complexity index is 1130. The molecule has 33 heavy (non-hydrogen) atoms. The van der Waals surface area contributed by atoms with Crippen LogP contribution in [0.1, 0.15) is 12.0 Å². The molecule has 0 atom stereocenters. The van der Waals surface area contributed by atoms with Gasteiger partial charge in [-0.15, -0.1) is 0 Å². The molecular weight excluding hydrogens is 418 g/mol. The van der Waals surface area contributed by atoms with Crippen LogP contribution >= 0.6 is 0 Å². The first kappa shape index (κ1) is 21.6. The maximum atomic E-state index is 10.5. The van der Waals surface area contributed by atoms with Crippen molar-refractivity contribution in [2.24, 2.45) is 0 Å². The molecule has 5 rings (SSSR count). The van der Waals surface area contributed by atoms with Crippen molar-refractivity contribution >= 4 is 5.82 Å². The quantitative estimate of drug-likeness (QED) is 0.523. The third kappa shape index (κ3) is 4.89. The van der Waals surface area contributed by atoms with E-state index in [9.17, 15) is 5.11 Å². The Labute approximate surface area is 193 Å². The van der Waals surface area contributed by atoms with E-state index in [1.54, 1.807) is 6.07 Å². The van der Waals surface area contributed by atoms with E-state index >= 15 is 0 Å². The van der Waals surface area contributed by atoms with Gasteiger partial charge in [-0.25, -0.2) is 4.98 Å². The van der Waals surface area contributed by atoms with Crippen LogP contribution in [-0.2, 0) is 4.74 Å². The van der Waals surface area contributed by atoms with Crippen molar-refractivity contribution in [1.29, 1.82) is 0 Å². The van der Waals surface area contributed by atoms with Gasteiger partial charge in [-0.1, -0.05) is 23.8 Å². The maximum absolute atomic E-state index is 10.5. The minimum Gasteiger partial charge on any atom is -0.507 e. The normalized spacial score (nSPS) is 15.5. The standard InChI is InChI=1S/C26H29N3O4/c1-18-6-7-23(30)21(14-18)22-15-19(20-4-2-5-24-26(20)33-17-32-24)16-25(28-22)27-8-3-9-29-10-12-31-13-11-29/h2,4-7,14-16,30H,3,8-13,17H2,1H3,(H,27,28). The zero-order valence-corrected chi connectivity index (χ0v) is 18.8. The van der Waals surface area contributed by atoms with Gasteiger partial charge in [0, 0.05) is 30.8 Å². The third-order valence-electron chi connectivity index (χ3n) is 6.02. The fourth-order valence-electron chi connectivity index (χ4n) is 4.27. The molecule has 172 valence electrons. The smallest absolute Gasteiger partial charge is 0.231 e. The van der Waals surface area contributed by atoms with Crippen LogP contribution < -0.4 is 14.8 Å². The van der Waals surface area contributed by atoms with E-state index in [2.05, 4.69) is 10.2 Å². The molecule has 2 aromatic carbocycles. The molecule has 2 aliphatic heterocycles. The van der Waals surface area contributed by atoms with E-state index in [-0.39, 0.29) is 12.5 Å². The molecule has 0 unspecified atom stereocenters. The van der Waals surface area contributed by atoms with Crippen LogP contribution in [0.3, 0.4) is 0 Å². The Morgan fingerprint density at radius 3 is 2.79 bits per heavy atom. The summed E-state index contributed by atoms with van der Waals surface area (Å²) in [4.78, 5) is 7.26. The molecule has 7 nitrogen and oxygen atoms in total. The Morgan fingerprint density at radius 2 is 1.91 bits per heavy atom. The predicted molar refractivity (Wildman–Crippen MR) is 128 cm³/mol. The minimum absolute atomic E-state index is 0.210. The van der Waals surface area contributed by atoms with E-state index in [1.165, 1.54) is 0 Å². The van der Waals surface area contributed by atoms with Gasteiger partial charge in [0.25, 0.3) is 0 Å². The number of aromatic hydroxyl groups is 1. The van der Waals surface area contributed by atoms with Crippen LogP contribution in [0.2, 0.25) is 0 Å². The van der Waals surface area contributed by atoms with E-state index < -0.39 is 0 Å². The van der Waals surface area contributed by atoms with Gasteiger partial charge in [0.15, 0.2) is 11.5 Å². The van der Waals surface area contributed by atoms with Gasteiger partial charge in [-0.05, 0) is 55.8 Å². The monoisotopic (exact) mass is 447 g/mol. The number of ether oxygens (including phenoxy) is 3. The summed E-state index contributed by atoms with van der Waals surface area (Å²) in [6.45, 7) is 7.67. The second-order valence-electron chi connectivity index (χ2n) is 8.42. The second kappa shape index (κ2) is 9.68. The number of aryl methyl sites for hydroxylation is 1. The number of hydrogen-bond acceptors (Lipinski definition) is 7. The zero-order valence-electron chi connectivity index (χ0n) is 18.8. The minimum atomic E-state index is 0.210. The lowest BCUT2D eigenvalue weighted by molar-refractivity contribution is 0.0378. The van der Waals surface area contributed by atoms with E-state index in [1.807, 2.05) is 49.4 Å². The topological polar surface area (TPSA) is 76.1 Å². The summed E-state index contributed by atoms with van der Waals surface area (Å²) < 4.78 is 16.7. The highest BCUT2D eigenvalue weighted by Crippen LogP contribution is 2.43. The largest absolute Gasteiger partial charge is 0.507 e. The van der Waals surface area contributed by atoms with Gasteiger partial charge in [0.1, 0.15) is 11.6 Å². The second-order valence-corrected chi connectivity index (χ2v) is 8.42. The van der Waals surface area contributed by atoms with Crippen molar-refractivity contribution in [3.05, 3.63) is 54.1 Å². The van der Waals surface area contributed by atoms with Gasteiger partial charge in [-0.2, -0.15) is 0 Å². The molecule has 1 saturated heterocycles. The first-order valence-corrected chi connectivity index (χ1v) is 11.4. The first-order chi connectivity index (χ1) is 16.2. The van der Waals surface area contributed by atoms with Crippen LogP contribution in [-0.4, -0.2) is 61.2 Å². The van der Waals surface area contributed by atoms with Gasteiger partial charge in [0.2, 0.25) is 6.79 Å². The third-order valence-corrected chi connectivity index (χ3v) is 6.02. The summed E-state index contributed by atoms with van der Waals surface area (Å²) in [6.07, 6.45) is 1.01. The van der Waals surface area contributed by atoms with E-state index in [4.69, 9.17) is 19.2 Å².